The van der Waals surface area contributed by atoms with Crippen molar-refractivity contribution in [3.05, 3.63) is 106 Å². The van der Waals surface area contributed by atoms with Gasteiger partial charge >= 0.3 is 11.9 Å². The SMILES string of the molecule is CCCCc1ccc(-c2cc(Cl)ccc2OC(=O)C2CCC(C(=O)Oc3ccc(Cl)cc3-c3ccc(CCCC)cc3)CC2)cc1. The van der Waals surface area contributed by atoms with E-state index in [1.807, 2.05) is 12.1 Å². The molecule has 4 aromatic carbocycles. The van der Waals surface area contributed by atoms with E-state index in [-0.39, 0.29) is 23.8 Å². The van der Waals surface area contributed by atoms with Crippen molar-refractivity contribution < 1.29 is 19.1 Å². The number of aryl methyl sites for hydroxylation is 2. The van der Waals surface area contributed by atoms with Crippen molar-refractivity contribution in [1.29, 1.82) is 0 Å². The molecule has 4 nitrogen and oxygen atoms in total. The number of carbonyl (C=O) groups excluding carboxylic acids is 2. The number of ether oxygens (including phenoxy) is 2. The Bertz CT molecular complexity index is 1500. The lowest BCUT2D eigenvalue weighted by Gasteiger charge is -2.26. The number of rotatable bonds is 12. The van der Waals surface area contributed by atoms with Crippen molar-refractivity contribution in [1.82, 2.24) is 0 Å². The normalized spacial score (nSPS) is 16.2. The highest BCUT2D eigenvalue weighted by atomic mass is 35.5. The summed E-state index contributed by atoms with van der Waals surface area (Å²) in [6.07, 6.45) is 8.90. The summed E-state index contributed by atoms with van der Waals surface area (Å²) in [5, 5.41) is 1.16. The second-order valence-electron chi connectivity index (χ2n) is 12.3. The fourth-order valence-electron chi connectivity index (χ4n) is 6.05. The third kappa shape index (κ3) is 8.80. The first kappa shape index (κ1) is 33.8. The Balaban J connectivity index is 1.20. The molecule has 5 rings (SSSR count). The molecule has 0 radical (unpaired) electrons. The number of hydrogen-bond donors (Lipinski definition) is 0. The van der Waals surface area contributed by atoms with E-state index in [9.17, 15) is 9.59 Å². The zero-order valence-electron chi connectivity index (χ0n) is 26.7. The summed E-state index contributed by atoms with van der Waals surface area (Å²) in [5.74, 6) is -0.158. The van der Waals surface area contributed by atoms with Gasteiger partial charge in [-0.2, -0.15) is 0 Å². The predicted molar refractivity (Wildman–Crippen MR) is 188 cm³/mol. The number of unbranched alkanes of at least 4 members (excludes halogenated alkanes) is 2. The van der Waals surface area contributed by atoms with Crippen LogP contribution in [-0.2, 0) is 22.4 Å². The maximum absolute atomic E-state index is 13.3. The van der Waals surface area contributed by atoms with Crippen molar-refractivity contribution in [2.24, 2.45) is 11.8 Å². The fraction of sp³-hybridized carbons (Fsp3) is 0.350. The molecule has 6 heteroatoms. The van der Waals surface area contributed by atoms with Crippen molar-refractivity contribution in [3.8, 4) is 33.8 Å². The van der Waals surface area contributed by atoms with Crippen molar-refractivity contribution in [3.63, 3.8) is 0 Å². The number of carbonyl (C=O) groups is 2. The Labute approximate surface area is 283 Å². The Morgan fingerprint density at radius 2 is 0.957 bits per heavy atom. The molecule has 46 heavy (non-hydrogen) atoms. The van der Waals surface area contributed by atoms with Gasteiger partial charge in [-0.3, -0.25) is 9.59 Å². The minimum atomic E-state index is -0.290. The molecule has 0 amide bonds. The van der Waals surface area contributed by atoms with Crippen LogP contribution in [0.15, 0.2) is 84.9 Å². The van der Waals surface area contributed by atoms with E-state index >= 15 is 0 Å². The average Bonchev–Trinajstić information content (AvgIpc) is 3.08. The van der Waals surface area contributed by atoms with E-state index < -0.39 is 0 Å². The molecule has 0 unspecified atom stereocenters. The zero-order valence-corrected chi connectivity index (χ0v) is 28.2. The number of halogens is 2. The lowest BCUT2D eigenvalue weighted by molar-refractivity contribution is -0.145. The van der Waals surface area contributed by atoms with Crippen LogP contribution < -0.4 is 9.47 Å². The Hall–Kier alpha value is -3.60. The molecule has 0 N–H and O–H groups in total. The Kier molecular flexibility index (Phi) is 12.0. The van der Waals surface area contributed by atoms with E-state index in [0.717, 1.165) is 60.8 Å². The highest BCUT2D eigenvalue weighted by Gasteiger charge is 2.33. The van der Waals surface area contributed by atoms with Gasteiger partial charge in [-0.15, -0.1) is 0 Å². The van der Waals surface area contributed by atoms with Crippen LogP contribution >= 0.6 is 23.2 Å². The van der Waals surface area contributed by atoms with Gasteiger partial charge in [0.25, 0.3) is 0 Å². The highest BCUT2D eigenvalue weighted by molar-refractivity contribution is 6.31. The van der Waals surface area contributed by atoms with Gasteiger partial charge in [-0.25, -0.2) is 0 Å². The summed E-state index contributed by atoms with van der Waals surface area (Å²) >= 11 is 12.7. The van der Waals surface area contributed by atoms with Gasteiger partial charge in [-0.05, 0) is 110 Å². The first-order chi connectivity index (χ1) is 22.3. The Morgan fingerprint density at radius 1 is 0.587 bits per heavy atom. The van der Waals surface area contributed by atoms with E-state index in [2.05, 4.69) is 62.4 Å². The predicted octanol–water partition coefficient (Wildman–Crippen LogP) is 11.3. The van der Waals surface area contributed by atoms with Gasteiger partial charge in [0, 0.05) is 21.2 Å². The molecule has 240 valence electrons. The number of benzene rings is 4. The molecule has 4 aromatic rings. The largest absolute Gasteiger partial charge is 0.426 e. The number of esters is 2. The van der Waals surface area contributed by atoms with E-state index in [4.69, 9.17) is 32.7 Å². The van der Waals surface area contributed by atoms with Gasteiger partial charge in [0.05, 0.1) is 11.8 Å². The first-order valence-electron chi connectivity index (χ1n) is 16.6. The smallest absolute Gasteiger partial charge is 0.314 e. The molecule has 0 bridgehead atoms. The zero-order chi connectivity index (χ0) is 32.5. The van der Waals surface area contributed by atoms with Gasteiger partial charge in [0.1, 0.15) is 11.5 Å². The summed E-state index contributed by atoms with van der Waals surface area (Å²) in [7, 11) is 0. The Morgan fingerprint density at radius 3 is 1.30 bits per heavy atom. The van der Waals surface area contributed by atoms with Gasteiger partial charge in [0.2, 0.25) is 0 Å². The maximum Gasteiger partial charge on any atom is 0.314 e. The van der Waals surface area contributed by atoms with E-state index in [1.54, 1.807) is 24.3 Å². The summed E-state index contributed by atoms with van der Waals surface area (Å²) < 4.78 is 11.9. The molecule has 0 atom stereocenters. The lowest BCUT2D eigenvalue weighted by Crippen LogP contribution is -2.30. The topological polar surface area (TPSA) is 52.6 Å². The molecule has 1 saturated carbocycles. The monoisotopic (exact) mass is 656 g/mol. The number of hydrogen-bond acceptors (Lipinski definition) is 4. The standard InChI is InChI=1S/C40H42Cl2O4/c1-3-5-7-27-9-13-29(14-10-27)35-25-33(41)21-23-37(35)45-39(43)31-17-19-32(20-18-31)40(44)46-38-24-22-34(42)26-36(38)30-15-11-28(12-16-30)8-6-4-2/h9-16,21-26,31-32H,3-8,17-20H2,1-2H3. The summed E-state index contributed by atoms with van der Waals surface area (Å²) in [6.45, 7) is 4.37. The lowest BCUT2D eigenvalue weighted by atomic mass is 9.82. The molecule has 1 aliphatic carbocycles. The molecule has 1 aliphatic rings. The van der Waals surface area contributed by atoms with Gasteiger partial charge in [0.15, 0.2) is 0 Å². The molecular formula is C40H42Cl2O4. The van der Waals surface area contributed by atoms with Crippen LogP contribution in [0.4, 0.5) is 0 Å². The second kappa shape index (κ2) is 16.3. The van der Waals surface area contributed by atoms with Crippen LogP contribution in [0, 0.1) is 11.8 Å². The molecule has 0 aromatic heterocycles. The van der Waals surface area contributed by atoms with E-state index in [1.165, 1.54) is 11.1 Å². The van der Waals surface area contributed by atoms with Crippen LogP contribution in [0.5, 0.6) is 11.5 Å². The molecule has 0 heterocycles. The van der Waals surface area contributed by atoms with Crippen molar-refractivity contribution >= 4 is 35.1 Å². The van der Waals surface area contributed by atoms with Gasteiger partial charge < -0.3 is 9.47 Å². The van der Waals surface area contributed by atoms with Crippen LogP contribution in [0.3, 0.4) is 0 Å². The minimum absolute atomic E-state index is 0.280. The quantitative estimate of drug-likeness (QED) is 0.112. The molecule has 0 saturated heterocycles. The second-order valence-corrected chi connectivity index (χ2v) is 13.1. The minimum Gasteiger partial charge on any atom is -0.426 e. The first-order valence-corrected chi connectivity index (χ1v) is 17.3. The average molecular weight is 658 g/mol. The molecule has 0 aliphatic heterocycles. The van der Waals surface area contributed by atoms with Crippen LogP contribution in [0.25, 0.3) is 22.3 Å². The van der Waals surface area contributed by atoms with E-state index in [0.29, 0.717) is 47.2 Å². The van der Waals surface area contributed by atoms with Crippen LogP contribution in [0.2, 0.25) is 10.0 Å². The fourth-order valence-corrected chi connectivity index (χ4v) is 6.39. The maximum atomic E-state index is 13.3. The summed E-state index contributed by atoms with van der Waals surface area (Å²) in [5.41, 5.74) is 6.04. The van der Waals surface area contributed by atoms with Crippen molar-refractivity contribution in [2.45, 2.75) is 78.1 Å². The van der Waals surface area contributed by atoms with Gasteiger partial charge in [-0.1, -0.05) is 98.4 Å². The molecular weight excluding hydrogens is 615 g/mol. The summed E-state index contributed by atoms with van der Waals surface area (Å²) in [4.78, 5) is 26.6. The summed E-state index contributed by atoms with van der Waals surface area (Å²) in [6, 6.07) is 27.4. The third-order valence-corrected chi connectivity index (χ3v) is 9.34. The highest BCUT2D eigenvalue weighted by Crippen LogP contribution is 2.38. The van der Waals surface area contributed by atoms with Crippen LogP contribution in [-0.4, -0.2) is 11.9 Å². The van der Waals surface area contributed by atoms with Crippen molar-refractivity contribution in [2.75, 3.05) is 0 Å². The third-order valence-electron chi connectivity index (χ3n) is 8.87. The molecule has 1 fully saturated rings. The van der Waals surface area contributed by atoms with Crippen LogP contribution in [0.1, 0.15) is 76.3 Å². The molecule has 0 spiro atoms.